The molecule has 2 amide bonds. The zero-order chi connectivity index (χ0) is 31.7. The minimum absolute atomic E-state index is 0. The van der Waals surface area contributed by atoms with Gasteiger partial charge in [0, 0.05) is 45.4 Å². The number of carbonyl (C=O) groups excluding carboxylic acids is 2. The number of anilines is 1. The lowest BCUT2D eigenvalue weighted by Gasteiger charge is -2.43. The van der Waals surface area contributed by atoms with Gasteiger partial charge in [0.25, 0.3) is 5.91 Å². The summed E-state index contributed by atoms with van der Waals surface area (Å²) in [6.07, 6.45) is 4.18. The average Bonchev–Trinajstić information content (AvgIpc) is 3.70. The number of nitrogens with one attached hydrogen (secondary N) is 1. The number of pyridine rings is 1. The number of carbonyl (C=O) groups is 2. The van der Waals surface area contributed by atoms with Gasteiger partial charge in [-0.2, -0.15) is 5.10 Å². The van der Waals surface area contributed by atoms with E-state index in [1.807, 2.05) is 34.7 Å². The molecule has 2 atom stereocenters. The number of fused-ring (bicyclic) bond motifs is 1. The molecule has 2 aliphatic rings. The van der Waals surface area contributed by atoms with E-state index in [1.165, 1.54) is 0 Å². The molecule has 0 saturated carbocycles. The van der Waals surface area contributed by atoms with Gasteiger partial charge in [-0.15, -0.1) is 11.3 Å². The Morgan fingerprint density at radius 3 is 2.56 bits per heavy atom. The SMILES string of the molecule is CCN(CC)[C@@H](C)CNC(=O)c1cc(-c2cnn3ccc(-c4cccs4)nc23)nc(N2CC[C@H]2C(=O)N2CCS(=O)(=O)CC2)c1.[HH]. The topological polar surface area (TPSA) is 133 Å². The van der Waals surface area contributed by atoms with Crippen molar-refractivity contribution >= 4 is 44.5 Å². The number of sulfone groups is 1. The predicted octanol–water partition coefficient (Wildman–Crippen LogP) is 3.06. The van der Waals surface area contributed by atoms with Gasteiger partial charge < -0.3 is 15.1 Å². The maximum absolute atomic E-state index is 13.6. The normalized spacial score (nSPS) is 18.6. The van der Waals surface area contributed by atoms with E-state index in [0.29, 0.717) is 47.8 Å². The molecule has 14 heteroatoms. The van der Waals surface area contributed by atoms with Gasteiger partial charge >= 0.3 is 0 Å². The highest BCUT2D eigenvalue weighted by atomic mass is 32.2. The highest BCUT2D eigenvalue weighted by Crippen LogP contribution is 2.32. The lowest BCUT2D eigenvalue weighted by Crippen LogP contribution is -2.59. The van der Waals surface area contributed by atoms with E-state index in [2.05, 4.69) is 36.1 Å². The molecular formula is C31H40N8O4S2. The van der Waals surface area contributed by atoms with Crippen LogP contribution in [0.3, 0.4) is 0 Å². The maximum Gasteiger partial charge on any atom is 0.251 e. The van der Waals surface area contributed by atoms with E-state index in [4.69, 9.17) is 9.97 Å². The molecule has 45 heavy (non-hydrogen) atoms. The van der Waals surface area contributed by atoms with Gasteiger partial charge in [0.15, 0.2) is 15.5 Å². The molecule has 4 aromatic rings. The van der Waals surface area contributed by atoms with Crippen LogP contribution in [0, 0.1) is 0 Å². The summed E-state index contributed by atoms with van der Waals surface area (Å²) in [5.41, 5.74) is 3.05. The molecule has 2 saturated heterocycles. The third-order valence-electron chi connectivity index (χ3n) is 8.74. The summed E-state index contributed by atoms with van der Waals surface area (Å²) >= 11 is 1.60. The van der Waals surface area contributed by atoms with E-state index in [9.17, 15) is 18.0 Å². The van der Waals surface area contributed by atoms with Crippen molar-refractivity contribution in [2.45, 2.75) is 39.3 Å². The van der Waals surface area contributed by atoms with E-state index in [0.717, 1.165) is 23.7 Å². The summed E-state index contributed by atoms with van der Waals surface area (Å²) in [4.78, 5) is 43.8. The first-order chi connectivity index (χ1) is 21.7. The lowest BCUT2D eigenvalue weighted by molar-refractivity contribution is -0.133. The number of rotatable bonds is 10. The molecule has 1 N–H and O–H groups in total. The Morgan fingerprint density at radius 1 is 1.11 bits per heavy atom. The Bertz CT molecular complexity index is 1800. The monoisotopic (exact) mass is 652 g/mol. The van der Waals surface area contributed by atoms with Crippen LogP contribution in [0.4, 0.5) is 5.82 Å². The van der Waals surface area contributed by atoms with Gasteiger partial charge in [-0.25, -0.2) is 22.9 Å². The maximum atomic E-state index is 13.6. The highest BCUT2D eigenvalue weighted by molar-refractivity contribution is 7.91. The number of likely N-dealkylation sites (N-methyl/N-ethyl adjacent to an activating group) is 1. The second kappa shape index (κ2) is 12.9. The standard InChI is InChI=1S/C31H38N8O4S2.H2/c1-4-36(5-2)21(3)19-32-30(40)22-17-25(23-20-33-39-11-8-24(35-29(23)39)27-7-6-14-44-27)34-28(18-22)38-10-9-26(38)31(41)37-12-15-45(42,43)16-13-37;/h6-8,11,14,17-18,20-21,26H,4-5,9-10,12-13,15-16,19H2,1-3H3,(H,32,40);1H/t21-,26-;/m0./s1. The van der Waals surface area contributed by atoms with Crippen LogP contribution in [0.1, 0.15) is 39.0 Å². The first-order valence-electron chi connectivity index (χ1n) is 15.4. The van der Waals surface area contributed by atoms with Crippen molar-refractivity contribution in [1.29, 1.82) is 0 Å². The summed E-state index contributed by atoms with van der Waals surface area (Å²) in [5.74, 6) is 0.125. The summed E-state index contributed by atoms with van der Waals surface area (Å²) in [6.45, 7) is 9.53. The van der Waals surface area contributed by atoms with E-state index < -0.39 is 15.9 Å². The van der Waals surface area contributed by atoms with Crippen LogP contribution in [0.15, 0.2) is 48.1 Å². The van der Waals surface area contributed by atoms with Crippen LogP contribution in [-0.2, 0) is 14.6 Å². The fourth-order valence-corrected chi connectivity index (χ4v) is 7.82. The van der Waals surface area contributed by atoms with Crippen LogP contribution >= 0.6 is 11.3 Å². The molecular weight excluding hydrogens is 613 g/mol. The van der Waals surface area contributed by atoms with Crippen LogP contribution in [-0.4, -0.2) is 112 Å². The van der Waals surface area contributed by atoms with Gasteiger partial charge in [0.2, 0.25) is 5.91 Å². The average molecular weight is 653 g/mol. The molecule has 0 spiro atoms. The predicted molar refractivity (Wildman–Crippen MR) is 177 cm³/mol. The minimum Gasteiger partial charge on any atom is -0.350 e. The number of nitrogens with zero attached hydrogens (tertiary/aromatic N) is 7. The van der Waals surface area contributed by atoms with Gasteiger partial charge in [0.1, 0.15) is 11.9 Å². The Morgan fingerprint density at radius 2 is 1.89 bits per heavy atom. The number of aromatic nitrogens is 4. The molecule has 6 heterocycles. The van der Waals surface area contributed by atoms with Crippen molar-refractivity contribution in [2.24, 2.45) is 0 Å². The zero-order valence-electron chi connectivity index (χ0n) is 25.7. The summed E-state index contributed by atoms with van der Waals surface area (Å²) < 4.78 is 25.6. The second-order valence-corrected chi connectivity index (χ2v) is 14.7. The van der Waals surface area contributed by atoms with Gasteiger partial charge in [-0.3, -0.25) is 14.5 Å². The van der Waals surface area contributed by atoms with E-state index in [1.54, 1.807) is 39.1 Å². The molecule has 6 rings (SSSR count). The molecule has 4 aromatic heterocycles. The summed E-state index contributed by atoms with van der Waals surface area (Å²) in [7, 11) is -3.11. The Kier molecular flexibility index (Phi) is 8.89. The van der Waals surface area contributed by atoms with Crippen molar-refractivity contribution in [1.82, 2.24) is 34.7 Å². The van der Waals surface area contributed by atoms with Crippen molar-refractivity contribution in [2.75, 3.05) is 55.7 Å². The third kappa shape index (κ3) is 6.44. The lowest BCUT2D eigenvalue weighted by atomic mass is 10.0. The number of hydrogen-bond donors (Lipinski definition) is 1. The fourth-order valence-electron chi connectivity index (χ4n) is 5.92. The van der Waals surface area contributed by atoms with Crippen LogP contribution in [0.2, 0.25) is 0 Å². The molecule has 0 radical (unpaired) electrons. The van der Waals surface area contributed by atoms with Crippen molar-refractivity contribution in [3.8, 4) is 21.8 Å². The Hall–Kier alpha value is -3.88. The first kappa shape index (κ1) is 31.1. The van der Waals surface area contributed by atoms with Crippen molar-refractivity contribution in [3.05, 3.63) is 53.7 Å². The van der Waals surface area contributed by atoms with Gasteiger partial charge in [-0.1, -0.05) is 19.9 Å². The van der Waals surface area contributed by atoms with Crippen LogP contribution in [0.5, 0.6) is 0 Å². The van der Waals surface area contributed by atoms with Crippen LogP contribution in [0.25, 0.3) is 27.5 Å². The molecule has 240 valence electrons. The zero-order valence-corrected chi connectivity index (χ0v) is 27.4. The molecule has 2 fully saturated rings. The molecule has 0 bridgehead atoms. The molecule has 12 nitrogen and oxygen atoms in total. The van der Waals surface area contributed by atoms with Crippen molar-refractivity contribution < 1.29 is 19.4 Å². The van der Waals surface area contributed by atoms with E-state index in [-0.39, 0.29) is 43.9 Å². The quantitative estimate of drug-likeness (QED) is 0.275. The van der Waals surface area contributed by atoms with Gasteiger partial charge in [-0.05, 0) is 56.1 Å². The summed E-state index contributed by atoms with van der Waals surface area (Å²) in [5, 5.41) is 9.59. The largest absolute Gasteiger partial charge is 0.350 e. The number of thiophene rings is 1. The van der Waals surface area contributed by atoms with Crippen LogP contribution < -0.4 is 10.2 Å². The number of hydrogen-bond acceptors (Lipinski definition) is 10. The fraction of sp³-hybridized carbons (Fsp3) is 0.452. The van der Waals surface area contributed by atoms with Gasteiger partial charge in [0.05, 0.1) is 39.5 Å². The molecule has 0 aliphatic carbocycles. The highest BCUT2D eigenvalue weighted by Gasteiger charge is 2.39. The molecule has 0 unspecified atom stereocenters. The molecule has 2 aliphatic heterocycles. The first-order valence-corrected chi connectivity index (χ1v) is 18.1. The second-order valence-electron chi connectivity index (χ2n) is 11.5. The smallest absolute Gasteiger partial charge is 0.251 e. The van der Waals surface area contributed by atoms with E-state index >= 15 is 0 Å². The Labute approximate surface area is 268 Å². The third-order valence-corrected chi connectivity index (χ3v) is 11.2. The minimum atomic E-state index is -3.11. The Balaban J connectivity index is 0.00000417. The summed E-state index contributed by atoms with van der Waals surface area (Å²) in [6, 6.07) is 9.08. The molecule has 0 aromatic carbocycles. The number of amides is 2. The van der Waals surface area contributed by atoms with Crippen molar-refractivity contribution in [3.63, 3.8) is 0 Å².